The van der Waals surface area contributed by atoms with E-state index in [1.165, 1.54) is 13.8 Å². The number of rotatable bonds is 2. The van der Waals surface area contributed by atoms with Crippen molar-refractivity contribution in [3.05, 3.63) is 0 Å². The Bertz CT molecular complexity index is 264. The number of carbonyl (C=O) groups is 1. The zero-order valence-electron chi connectivity index (χ0n) is 8.26. The fourth-order valence-electron chi connectivity index (χ4n) is 1.70. The van der Waals surface area contributed by atoms with Gasteiger partial charge in [0.15, 0.2) is 0 Å². The van der Waals surface area contributed by atoms with Crippen molar-refractivity contribution in [3.8, 4) is 0 Å². The average molecular weight is 227 g/mol. The lowest BCUT2D eigenvalue weighted by atomic mass is 9.83. The van der Waals surface area contributed by atoms with E-state index >= 15 is 0 Å². The Hall–Kier alpha value is -0.820. The van der Waals surface area contributed by atoms with Crippen LogP contribution in [0.3, 0.4) is 0 Å². The summed E-state index contributed by atoms with van der Waals surface area (Å²) in [6, 6.07) is -1.02. The van der Waals surface area contributed by atoms with Crippen LogP contribution < -0.4 is 5.32 Å². The fourth-order valence-corrected chi connectivity index (χ4v) is 1.70. The zero-order chi connectivity index (χ0) is 11.9. The molecule has 1 saturated heterocycles. The first-order valence-corrected chi connectivity index (χ1v) is 4.35. The molecule has 0 amide bonds. The Kier molecular flexibility index (Phi) is 2.97. The van der Waals surface area contributed by atoms with Gasteiger partial charge in [-0.2, -0.15) is 0 Å². The molecule has 0 aliphatic carbocycles. The summed E-state index contributed by atoms with van der Waals surface area (Å²) < 4.78 is 39.8. The lowest BCUT2D eigenvalue weighted by molar-refractivity contribution is -0.349. The van der Waals surface area contributed by atoms with Crippen molar-refractivity contribution in [1.82, 2.24) is 5.32 Å². The van der Waals surface area contributed by atoms with E-state index in [-0.39, 0.29) is 6.54 Å². The molecule has 0 spiro atoms. The van der Waals surface area contributed by atoms with Crippen molar-refractivity contribution in [2.45, 2.75) is 32.4 Å². The molecular weight excluding hydrogens is 215 g/mol. The Labute approximate surface area is 84.4 Å². The monoisotopic (exact) mass is 227 g/mol. The molecule has 4 nitrogen and oxygen atoms in total. The van der Waals surface area contributed by atoms with Crippen molar-refractivity contribution in [3.63, 3.8) is 0 Å². The SMILES string of the molecule is CC1(C)[C@@H](OC(F)(F)F)CN[C@@H]1C(=O)O. The minimum Gasteiger partial charge on any atom is -0.480 e. The van der Waals surface area contributed by atoms with E-state index in [0.717, 1.165) is 0 Å². The van der Waals surface area contributed by atoms with Crippen LogP contribution in [0.4, 0.5) is 13.2 Å². The molecule has 2 atom stereocenters. The second-order valence-electron chi connectivity index (χ2n) is 4.05. The van der Waals surface area contributed by atoms with Crippen LogP contribution in [0.25, 0.3) is 0 Å². The van der Waals surface area contributed by atoms with Crippen molar-refractivity contribution in [2.75, 3.05) is 6.54 Å². The molecule has 1 aliphatic rings. The lowest BCUT2D eigenvalue weighted by Crippen LogP contribution is -2.44. The smallest absolute Gasteiger partial charge is 0.480 e. The van der Waals surface area contributed by atoms with E-state index in [4.69, 9.17) is 5.11 Å². The van der Waals surface area contributed by atoms with Crippen LogP contribution in [0.2, 0.25) is 0 Å². The standard InChI is InChI=1S/C8H12F3NO3/c1-7(2)4(15-8(9,10)11)3-12-5(7)6(13)14/h4-5,12H,3H2,1-2H3,(H,13,14)/t4-,5+/m0/s1. The van der Waals surface area contributed by atoms with Gasteiger partial charge in [-0.05, 0) is 0 Å². The van der Waals surface area contributed by atoms with Gasteiger partial charge in [0, 0.05) is 12.0 Å². The van der Waals surface area contributed by atoms with E-state index in [1.807, 2.05) is 0 Å². The molecule has 1 fully saturated rings. The van der Waals surface area contributed by atoms with Gasteiger partial charge in [-0.1, -0.05) is 13.8 Å². The topological polar surface area (TPSA) is 58.6 Å². The number of aliphatic carboxylic acids is 1. The fraction of sp³-hybridized carbons (Fsp3) is 0.875. The summed E-state index contributed by atoms with van der Waals surface area (Å²) in [4.78, 5) is 10.7. The zero-order valence-corrected chi connectivity index (χ0v) is 8.26. The number of ether oxygens (including phenoxy) is 1. The molecule has 88 valence electrons. The molecule has 0 aromatic carbocycles. The summed E-state index contributed by atoms with van der Waals surface area (Å²) in [6.45, 7) is 2.74. The van der Waals surface area contributed by atoms with Crippen molar-refractivity contribution < 1.29 is 27.8 Å². The van der Waals surface area contributed by atoms with Crippen LogP contribution in [0.15, 0.2) is 0 Å². The van der Waals surface area contributed by atoms with Gasteiger partial charge >= 0.3 is 12.3 Å². The first-order valence-electron chi connectivity index (χ1n) is 4.35. The highest BCUT2D eigenvalue weighted by Gasteiger charge is 2.51. The maximum atomic E-state index is 12.0. The molecule has 0 radical (unpaired) electrons. The third kappa shape index (κ3) is 2.60. The first-order chi connectivity index (χ1) is 6.64. The Morgan fingerprint density at radius 3 is 2.40 bits per heavy atom. The Morgan fingerprint density at radius 1 is 1.53 bits per heavy atom. The summed E-state index contributed by atoms with van der Waals surface area (Å²) in [5.41, 5.74) is -1.10. The maximum absolute atomic E-state index is 12.0. The van der Waals surface area contributed by atoms with E-state index in [0.29, 0.717) is 0 Å². The van der Waals surface area contributed by atoms with Gasteiger partial charge in [0.25, 0.3) is 0 Å². The van der Waals surface area contributed by atoms with Gasteiger partial charge in [0.05, 0.1) is 6.10 Å². The van der Waals surface area contributed by atoms with Gasteiger partial charge in [-0.15, -0.1) is 13.2 Å². The number of hydrogen-bond acceptors (Lipinski definition) is 3. The number of hydrogen-bond donors (Lipinski definition) is 2. The third-order valence-electron chi connectivity index (χ3n) is 2.60. The summed E-state index contributed by atoms with van der Waals surface area (Å²) in [5.74, 6) is -1.17. The molecule has 7 heteroatoms. The second kappa shape index (κ2) is 3.64. The van der Waals surface area contributed by atoms with E-state index < -0.39 is 29.9 Å². The van der Waals surface area contributed by atoms with Crippen LogP contribution in [-0.4, -0.2) is 36.1 Å². The Balaban J connectivity index is 2.75. The van der Waals surface area contributed by atoms with Crippen LogP contribution in [0.1, 0.15) is 13.8 Å². The van der Waals surface area contributed by atoms with Crippen molar-refractivity contribution >= 4 is 5.97 Å². The number of alkyl halides is 3. The molecule has 1 heterocycles. The molecule has 0 bridgehead atoms. The van der Waals surface area contributed by atoms with E-state index in [1.54, 1.807) is 0 Å². The van der Waals surface area contributed by atoms with E-state index in [9.17, 15) is 18.0 Å². The average Bonchev–Trinajstić information content (AvgIpc) is 2.24. The van der Waals surface area contributed by atoms with Gasteiger partial charge in [-0.25, -0.2) is 0 Å². The minimum atomic E-state index is -4.74. The van der Waals surface area contributed by atoms with Gasteiger partial charge < -0.3 is 10.4 Å². The Morgan fingerprint density at radius 2 is 2.07 bits per heavy atom. The van der Waals surface area contributed by atoms with Crippen LogP contribution >= 0.6 is 0 Å². The highest BCUT2D eigenvalue weighted by Crippen LogP contribution is 2.36. The van der Waals surface area contributed by atoms with Crippen molar-refractivity contribution in [2.24, 2.45) is 5.41 Å². The van der Waals surface area contributed by atoms with E-state index in [2.05, 4.69) is 10.1 Å². The molecule has 1 rings (SSSR count). The summed E-state index contributed by atoms with van der Waals surface area (Å²) in [6.07, 6.45) is -5.92. The number of carboxylic acid groups (broad SMARTS) is 1. The highest BCUT2D eigenvalue weighted by atomic mass is 19.4. The predicted molar refractivity (Wildman–Crippen MR) is 44.1 cm³/mol. The summed E-state index contributed by atoms with van der Waals surface area (Å²) >= 11 is 0. The maximum Gasteiger partial charge on any atom is 0.522 e. The predicted octanol–water partition coefficient (Wildman–Crippen LogP) is 0.974. The van der Waals surface area contributed by atoms with Crippen LogP contribution in [0, 0.1) is 5.41 Å². The first kappa shape index (κ1) is 12.3. The number of carboxylic acids is 1. The third-order valence-corrected chi connectivity index (χ3v) is 2.60. The number of nitrogens with one attached hydrogen (secondary N) is 1. The molecule has 1 aliphatic heterocycles. The van der Waals surface area contributed by atoms with Crippen LogP contribution in [0.5, 0.6) is 0 Å². The van der Waals surface area contributed by atoms with Gasteiger partial charge in [-0.3, -0.25) is 9.53 Å². The molecule has 0 saturated carbocycles. The van der Waals surface area contributed by atoms with Gasteiger partial charge in [0.2, 0.25) is 0 Å². The summed E-state index contributed by atoms with van der Waals surface area (Å²) in [5, 5.41) is 11.3. The minimum absolute atomic E-state index is 0.122. The largest absolute Gasteiger partial charge is 0.522 e. The van der Waals surface area contributed by atoms with Crippen LogP contribution in [-0.2, 0) is 9.53 Å². The molecule has 0 aromatic heterocycles. The van der Waals surface area contributed by atoms with Crippen molar-refractivity contribution in [1.29, 1.82) is 0 Å². The molecule has 0 aromatic rings. The second-order valence-corrected chi connectivity index (χ2v) is 4.05. The highest BCUT2D eigenvalue weighted by molar-refractivity contribution is 5.75. The normalized spacial score (nSPS) is 30.5. The quantitative estimate of drug-likeness (QED) is 0.738. The lowest BCUT2D eigenvalue weighted by Gasteiger charge is -2.29. The summed E-state index contributed by atoms with van der Waals surface area (Å²) in [7, 11) is 0. The molecule has 0 unspecified atom stereocenters. The number of halogens is 3. The van der Waals surface area contributed by atoms with Gasteiger partial charge in [0.1, 0.15) is 6.04 Å². The molecule has 15 heavy (non-hydrogen) atoms. The molecular formula is C8H12F3NO3. The molecule has 2 N–H and O–H groups in total.